The predicted molar refractivity (Wildman–Crippen MR) is 110 cm³/mol. The zero-order chi connectivity index (χ0) is 20.2. The average molecular weight is 392 g/mol. The van der Waals surface area contributed by atoms with Crippen molar-refractivity contribution in [3.63, 3.8) is 0 Å². The smallest absolute Gasteiger partial charge is 0.274 e. The maximum Gasteiger partial charge on any atom is 0.274 e. The largest absolute Gasteiger partial charge is 0.336 e. The van der Waals surface area contributed by atoms with E-state index in [4.69, 9.17) is 0 Å². The standard InChI is InChI=1S/C23H25FN4O/c1-18-3-5-19(6-4-18)17-26-12-2-13-27(16-15-26)23(29)22-11-14-28(25-22)21-9-7-20(24)8-10-21/h3-11,14H,2,12-13,15-17H2,1H3. The molecule has 0 bridgehead atoms. The van der Waals surface area contributed by atoms with Gasteiger partial charge in [0.15, 0.2) is 5.69 Å². The Morgan fingerprint density at radius 2 is 1.72 bits per heavy atom. The number of aromatic nitrogens is 2. The minimum Gasteiger partial charge on any atom is -0.336 e. The number of hydrogen-bond donors (Lipinski definition) is 0. The van der Waals surface area contributed by atoms with Gasteiger partial charge >= 0.3 is 0 Å². The second-order valence-corrected chi connectivity index (χ2v) is 7.53. The van der Waals surface area contributed by atoms with E-state index in [1.807, 2.05) is 4.90 Å². The van der Waals surface area contributed by atoms with Crippen molar-refractivity contribution in [3.05, 3.63) is 83.4 Å². The molecule has 0 N–H and O–H groups in total. The van der Waals surface area contributed by atoms with Gasteiger partial charge in [-0.15, -0.1) is 0 Å². The maximum atomic E-state index is 13.1. The monoisotopic (exact) mass is 392 g/mol. The third-order valence-electron chi connectivity index (χ3n) is 5.30. The van der Waals surface area contributed by atoms with Crippen LogP contribution in [0.25, 0.3) is 5.69 Å². The lowest BCUT2D eigenvalue weighted by Crippen LogP contribution is -2.35. The molecule has 0 atom stereocenters. The number of rotatable bonds is 4. The second-order valence-electron chi connectivity index (χ2n) is 7.53. The number of aryl methyl sites for hydroxylation is 1. The molecule has 1 aromatic heterocycles. The number of carbonyl (C=O) groups excluding carboxylic acids is 1. The summed E-state index contributed by atoms with van der Waals surface area (Å²) < 4.78 is 14.7. The molecule has 0 radical (unpaired) electrons. The summed E-state index contributed by atoms with van der Waals surface area (Å²) in [7, 11) is 0. The lowest BCUT2D eigenvalue weighted by Gasteiger charge is -2.21. The molecule has 6 heteroatoms. The molecular weight excluding hydrogens is 367 g/mol. The van der Waals surface area contributed by atoms with Crippen LogP contribution in [0.1, 0.15) is 28.0 Å². The fourth-order valence-corrected chi connectivity index (χ4v) is 3.62. The number of hydrogen-bond acceptors (Lipinski definition) is 3. The van der Waals surface area contributed by atoms with Gasteiger partial charge in [0.25, 0.3) is 5.91 Å². The Bertz CT molecular complexity index is 965. The average Bonchev–Trinajstić information content (AvgIpc) is 3.10. The highest BCUT2D eigenvalue weighted by atomic mass is 19.1. The summed E-state index contributed by atoms with van der Waals surface area (Å²) >= 11 is 0. The van der Waals surface area contributed by atoms with Crippen molar-refractivity contribution in [2.75, 3.05) is 26.2 Å². The SMILES string of the molecule is Cc1ccc(CN2CCCN(C(=O)c3ccn(-c4ccc(F)cc4)n3)CC2)cc1. The second kappa shape index (κ2) is 8.57. The quantitative estimate of drug-likeness (QED) is 0.680. The summed E-state index contributed by atoms with van der Waals surface area (Å²) in [6.45, 7) is 6.23. The van der Waals surface area contributed by atoms with Crippen LogP contribution in [0, 0.1) is 12.7 Å². The Kier molecular flexibility index (Phi) is 5.71. The van der Waals surface area contributed by atoms with Gasteiger partial charge in [-0.2, -0.15) is 5.10 Å². The zero-order valence-electron chi connectivity index (χ0n) is 16.6. The summed E-state index contributed by atoms with van der Waals surface area (Å²) in [5.41, 5.74) is 3.71. The Labute approximate surface area is 170 Å². The van der Waals surface area contributed by atoms with E-state index in [-0.39, 0.29) is 11.7 Å². The first-order valence-corrected chi connectivity index (χ1v) is 9.97. The molecule has 2 aromatic carbocycles. The van der Waals surface area contributed by atoms with Gasteiger partial charge in [0, 0.05) is 38.9 Å². The lowest BCUT2D eigenvalue weighted by molar-refractivity contribution is 0.0754. The summed E-state index contributed by atoms with van der Waals surface area (Å²) in [5, 5.41) is 4.40. The first-order chi connectivity index (χ1) is 14.1. The topological polar surface area (TPSA) is 41.4 Å². The van der Waals surface area contributed by atoms with E-state index < -0.39 is 0 Å². The van der Waals surface area contributed by atoms with E-state index in [1.165, 1.54) is 23.3 Å². The highest BCUT2D eigenvalue weighted by Gasteiger charge is 2.22. The van der Waals surface area contributed by atoms with Crippen LogP contribution >= 0.6 is 0 Å². The minimum absolute atomic E-state index is 0.0527. The van der Waals surface area contributed by atoms with Crippen LogP contribution in [0.2, 0.25) is 0 Å². The zero-order valence-corrected chi connectivity index (χ0v) is 16.6. The van der Waals surface area contributed by atoms with Crippen molar-refractivity contribution < 1.29 is 9.18 Å². The fourth-order valence-electron chi connectivity index (χ4n) is 3.62. The summed E-state index contributed by atoms with van der Waals surface area (Å²) in [5.74, 6) is -0.347. The number of benzene rings is 2. The van der Waals surface area contributed by atoms with Gasteiger partial charge in [0.05, 0.1) is 5.69 Å². The van der Waals surface area contributed by atoms with Crippen molar-refractivity contribution >= 4 is 5.91 Å². The van der Waals surface area contributed by atoms with Crippen LogP contribution in [-0.4, -0.2) is 51.7 Å². The van der Waals surface area contributed by atoms with Crippen molar-refractivity contribution in [1.82, 2.24) is 19.6 Å². The van der Waals surface area contributed by atoms with Gasteiger partial charge in [-0.25, -0.2) is 9.07 Å². The van der Waals surface area contributed by atoms with Gasteiger partial charge in [0.1, 0.15) is 5.82 Å². The Balaban J connectivity index is 1.38. The fraction of sp³-hybridized carbons (Fsp3) is 0.304. The number of halogens is 1. The number of nitrogens with zero attached hydrogens (tertiary/aromatic N) is 4. The third kappa shape index (κ3) is 4.71. The van der Waals surface area contributed by atoms with E-state index in [9.17, 15) is 9.18 Å². The summed E-state index contributed by atoms with van der Waals surface area (Å²) in [4.78, 5) is 17.2. The lowest BCUT2D eigenvalue weighted by atomic mass is 10.1. The molecule has 0 aliphatic carbocycles. The molecule has 1 amide bonds. The van der Waals surface area contributed by atoms with Crippen molar-refractivity contribution in [2.45, 2.75) is 19.9 Å². The highest BCUT2D eigenvalue weighted by molar-refractivity contribution is 5.92. The van der Waals surface area contributed by atoms with Gasteiger partial charge < -0.3 is 4.90 Å². The van der Waals surface area contributed by atoms with Crippen LogP contribution < -0.4 is 0 Å². The molecular formula is C23H25FN4O. The third-order valence-corrected chi connectivity index (χ3v) is 5.30. The van der Waals surface area contributed by atoms with Crippen molar-refractivity contribution in [3.8, 4) is 5.69 Å². The van der Waals surface area contributed by atoms with Gasteiger partial charge in [-0.05, 0) is 49.2 Å². The molecule has 0 unspecified atom stereocenters. The molecule has 5 nitrogen and oxygen atoms in total. The molecule has 0 spiro atoms. The van der Waals surface area contributed by atoms with E-state index in [1.54, 1.807) is 29.1 Å². The molecule has 3 aromatic rings. The molecule has 29 heavy (non-hydrogen) atoms. The van der Waals surface area contributed by atoms with Gasteiger partial charge in [-0.3, -0.25) is 9.69 Å². The van der Waals surface area contributed by atoms with Gasteiger partial charge in [-0.1, -0.05) is 29.8 Å². The van der Waals surface area contributed by atoms with Crippen LogP contribution in [0.4, 0.5) is 4.39 Å². The predicted octanol–water partition coefficient (Wildman–Crippen LogP) is 3.67. The molecule has 1 aliphatic rings. The van der Waals surface area contributed by atoms with Crippen LogP contribution in [-0.2, 0) is 6.54 Å². The normalized spacial score (nSPS) is 15.3. The summed E-state index contributed by atoms with van der Waals surface area (Å²) in [6.07, 6.45) is 2.68. The molecule has 4 rings (SSSR count). The van der Waals surface area contributed by atoms with E-state index >= 15 is 0 Å². The Hall–Kier alpha value is -2.99. The van der Waals surface area contributed by atoms with Gasteiger partial charge in [0.2, 0.25) is 0 Å². The number of carbonyl (C=O) groups is 1. The first-order valence-electron chi connectivity index (χ1n) is 9.97. The molecule has 1 saturated heterocycles. The molecule has 1 fully saturated rings. The maximum absolute atomic E-state index is 13.1. The van der Waals surface area contributed by atoms with E-state index in [0.717, 1.165) is 38.3 Å². The van der Waals surface area contributed by atoms with E-state index in [0.29, 0.717) is 12.2 Å². The Morgan fingerprint density at radius 1 is 0.966 bits per heavy atom. The molecule has 2 heterocycles. The van der Waals surface area contributed by atoms with Crippen molar-refractivity contribution in [2.24, 2.45) is 0 Å². The molecule has 1 aliphatic heterocycles. The molecule has 0 saturated carbocycles. The van der Waals surface area contributed by atoms with Crippen molar-refractivity contribution in [1.29, 1.82) is 0 Å². The Morgan fingerprint density at radius 3 is 2.48 bits per heavy atom. The van der Waals surface area contributed by atoms with Crippen LogP contribution in [0.5, 0.6) is 0 Å². The van der Waals surface area contributed by atoms with Crippen LogP contribution in [0.3, 0.4) is 0 Å². The van der Waals surface area contributed by atoms with E-state index in [2.05, 4.69) is 41.2 Å². The number of amides is 1. The highest BCUT2D eigenvalue weighted by Crippen LogP contribution is 2.14. The first kappa shape index (κ1) is 19.3. The summed E-state index contributed by atoms with van der Waals surface area (Å²) in [6, 6.07) is 16.4. The molecule has 150 valence electrons. The van der Waals surface area contributed by atoms with Crippen LogP contribution in [0.15, 0.2) is 60.8 Å². The minimum atomic E-state index is -0.294.